The molecule has 104 valence electrons. The second-order valence-corrected chi connectivity index (χ2v) is 6.33. The molecule has 1 amide bonds. The molecule has 2 fully saturated rings. The Hall–Kier alpha value is -0.570. The maximum Gasteiger partial charge on any atom is 0.239 e. The zero-order valence-electron chi connectivity index (χ0n) is 12.1. The number of hydrogen-bond donors (Lipinski definition) is 1. The molecule has 1 aliphatic carbocycles. The zero-order valence-corrected chi connectivity index (χ0v) is 12.1. The molecule has 0 bridgehead atoms. The van der Waals surface area contributed by atoms with Crippen molar-refractivity contribution in [3.8, 4) is 0 Å². The van der Waals surface area contributed by atoms with Crippen molar-refractivity contribution in [2.75, 3.05) is 7.05 Å². The monoisotopic (exact) mass is 252 g/mol. The molecule has 18 heavy (non-hydrogen) atoms. The second-order valence-electron chi connectivity index (χ2n) is 6.33. The van der Waals surface area contributed by atoms with E-state index in [1.54, 1.807) is 0 Å². The molecule has 0 radical (unpaired) electrons. The van der Waals surface area contributed by atoms with Gasteiger partial charge in [0.1, 0.15) is 0 Å². The maximum absolute atomic E-state index is 12.6. The number of amides is 1. The Kier molecular flexibility index (Phi) is 4.66. The van der Waals surface area contributed by atoms with Crippen LogP contribution in [0.2, 0.25) is 0 Å². The van der Waals surface area contributed by atoms with E-state index in [1.165, 1.54) is 38.5 Å². The van der Waals surface area contributed by atoms with Crippen molar-refractivity contribution in [3.05, 3.63) is 0 Å². The third-order valence-corrected chi connectivity index (χ3v) is 4.83. The fourth-order valence-corrected chi connectivity index (χ4v) is 3.61. The highest BCUT2D eigenvalue weighted by molar-refractivity contribution is 5.82. The normalized spacial score (nSPS) is 37.3. The SMILES string of the molecule is CC1CCCC(C(=O)N(C)C2CCCCC2C)N1. The molecule has 0 spiro atoms. The van der Waals surface area contributed by atoms with Crippen LogP contribution in [0, 0.1) is 5.92 Å². The number of carbonyl (C=O) groups excluding carboxylic acids is 1. The van der Waals surface area contributed by atoms with Crippen LogP contribution in [0.15, 0.2) is 0 Å². The fraction of sp³-hybridized carbons (Fsp3) is 0.933. The van der Waals surface area contributed by atoms with E-state index in [9.17, 15) is 4.79 Å². The third kappa shape index (κ3) is 3.05. The molecule has 3 nitrogen and oxygen atoms in total. The van der Waals surface area contributed by atoms with E-state index in [4.69, 9.17) is 0 Å². The van der Waals surface area contributed by atoms with Gasteiger partial charge in [0.25, 0.3) is 0 Å². The summed E-state index contributed by atoms with van der Waals surface area (Å²) in [5.74, 6) is 0.981. The molecule has 1 saturated carbocycles. The van der Waals surface area contributed by atoms with Gasteiger partial charge < -0.3 is 10.2 Å². The summed E-state index contributed by atoms with van der Waals surface area (Å²) in [5.41, 5.74) is 0. The van der Waals surface area contributed by atoms with E-state index in [1.807, 2.05) is 11.9 Å². The lowest BCUT2D eigenvalue weighted by Crippen LogP contribution is -2.54. The molecule has 4 unspecified atom stereocenters. The smallest absolute Gasteiger partial charge is 0.239 e. The minimum absolute atomic E-state index is 0.0628. The Bertz CT molecular complexity index is 292. The van der Waals surface area contributed by atoms with E-state index in [-0.39, 0.29) is 6.04 Å². The first-order chi connectivity index (χ1) is 8.59. The molecule has 1 heterocycles. The highest BCUT2D eigenvalue weighted by Gasteiger charge is 2.32. The molecule has 4 atom stereocenters. The van der Waals surface area contributed by atoms with Crippen LogP contribution in [0.1, 0.15) is 58.8 Å². The van der Waals surface area contributed by atoms with Crippen LogP contribution in [-0.2, 0) is 4.79 Å². The predicted octanol–water partition coefficient (Wildman–Crippen LogP) is 2.55. The van der Waals surface area contributed by atoms with E-state index < -0.39 is 0 Å². The van der Waals surface area contributed by atoms with Crippen molar-refractivity contribution >= 4 is 5.91 Å². The van der Waals surface area contributed by atoms with Gasteiger partial charge in [-0.15, -0.1) is 0 Å². The molecule has 1 saturated heterocycles. The van der Waals surface area contributed by atoms with Gasteiger partial charge in [0.2, 0.25) is 5.91 Å². The Morgan fingerprint density at radius 1 is 1.06 bits per heavy atom. The maximum atomic E-state index is 12.6. The van der Waals surface area contributed by atoms with Crippen LogP contribution >= 0.6 is 0 Å². The van der Waals surface area contributed by atoms with Crippen molar-refractivity contribution in [2.45, 2.75) is 76.9 Å². The lowest BCUT2D eigenvalue weighted by molar-refractivity contribution is -0.136. The molecule has 0 aromatic heterocycles. The molecule has 0 aromatic carbocycles. The summed E-state index contributed by atoms with van der Waals surface area (Å²) in [4.78, 5) is 14.6. The predicted molar refractivity (Wildman–Crippen MR) is 74.4 cm³/mol. The van der Waals surface area contributed by atoms with Crippen LogP contribution in [0.25, 0.3) is 0 Å². The van der Waals surface area contributed by atoms with Gasteiger partial charge in [-0.25, -0.2) is 0 Å². The molecular weight excluding hydrogens is 224 g/mol. The molecule has 1 N–H and O–H groups in total. The summed E-state index contributed by atoms with van der Waals surface area (Å²) >= 11 is 0. The lowest BCUT2D eigenvalue weighted by Gasteiger charge is -2.39. The Morgan fingerprint density at radius 3 is 2.44 bits per heavy atom. The minimum Gasteiger partial charge on any atom is -0.341 e. The summed E-state index contributed by atoms with van der Waals surface area (Å²) in [5, 5.41) is 3.46. The Balaban J connectivity index is 1.94. The van der Waals surface area contributed by atoms with Gasteiger partial charge in [-0.2, -0.15) is 0 Å². The van der Waals surface area contributed by atoms with Gasteiger partial charge in [0.15, 0.2) is 0 Å². The lowest BCUT2D eigenvalue weighted by atomic mass is 9.84. The number of nitrogens with zero attached hydrogens (tertiary/aromatic N) is 1. The van der Waals surface area contributed by atoms with Gasteiger partial charge in [-0.05, 0) is 44.9 Å². The molecule has 3 heteroatoms. The Labute approximate surface area is 111 Å². The van der Waals surface area contributed by atoms with Crippen molar-refractivity contribution < 1.29 is 4.79 Å². The number of hydrogen-bond acceptors (Lipinski definition) is 2. The van der Waals surface area contributed by atoms with Gasteiger partial charge in [-0.3, -0.25) is 4.79 Å². The van der Waals surface area contributed by atoms with E-state index in [0.717, 1.165) is 6.42 Å². The van der Waals surface area contributed by atoms with Crippen LogP contribution < -0.4 is 5.32 Å². The topological polar surface area (TPSA) is 32.3 Å². The molecule has 2 aliphatic rings. The number of carbonyl (C=O) groups is 1. The van der Waals surface area contributed by atoms with E-state index in [0.29, 0.717) is 23.9 Å². The fourth-order valence-electron chi connectivity index (χ4n) is 3.61. The van der Waals surface area contributed by atoms with Gasteiger partial charge in [-0.1, -0.05) is 19.8 Å². The zero-order chi connectivity index (χ0) is 13.1. The first-order valence-electron chi connectivity index (χ1n) is 7.62. The van der Waals surface area contributed by atoms with Crippen molar-refractivity contribution in [2.24, 2.45) is 5.92 Å². The van der Waals surface area contributed by atoms with E-state index >= 15 is 0 Å². The van der Waals surface area contributed by atoms with Crippen LogP contribution in [0.5, 0.6) is 0 Å². The van der Waals surface area contributed by atoms with Gasteiger partial charge in [0.05, 0.1) is 6.04 Å². The summed E-state index contributed by atoms with van der Waals surface area (Å²) in [7, 11) is 2.01. The standard InChI is InChI=1S/C15H28N2O/c1-11-7-4-5-10-14(11)17(3)15(18)13-9-6-8-12(2)16-13/h11-14,16H,4-10H2,1-3H3. The number of nitrogens with one attached hydrogen (secondary N) is 1. The number of rotatable bonds is 2. The third-order valence-electron chi connectivity index (χ3n) is 4.83. The quantitative estimate of drug-likeness (QED) is 0.819. The summed E-state index contributed by atoms with van der Waals surface area (Å²) in [6, 6.07) is 1.02. The average molecular weight is 252 g/mol. The number of likely N-dealkylation sites (N-methyl/N-ethyl adjacent to an activating group) is 1. The van der Waals surface area contributed by atoms with Gasteiger partial charge >= 0.3 is 0 Å². The first-order valence-corrected chi connectivity index (χ1v) is 7.62. The Morgan fingerprint density at radius 2 is 1.78 bits per heavy atom. The van der Waals surface area contributed by atoms with Crippen LogP contribution in [0.3, 0.4) is 0 Å². The summed E-state index contributed by atoms with van der Waals surface area (Å²) in [6.07, 6.45) is 8.46. The van der Waals surface area contributed by atoms with Crippen molar-refractivity contribution in [3.63, 3.8) is 0 Å². The van der Waals surface area contributed by atoms with Crippen molar-refractivity contribution in [1.29, 1.82) is 0 Å². The average Bonchev–Trinajstić information content (AvgIpc) is 2.37. The van der Waals surface area contributed by atoms with Crippen LogP contribution in [-0.4, -0.2) is 36.0 Å². The highest BCUT2D eigenvalue weighted by atomic mass is 16.2. The highest BCUT2D eigenvalue weighted by Crippen LogP contribution is 2.28. The summed E-state index contributed by atoms with van der Waals surface area (Å²) < 4.78 is 0. The largest absolute Gasteiger partial charge is 0.341 e. The van der Waals surface area contributed by atoms with E-state index in [2.05, 4.69) is 19.2 Å². The van der Waals surface area contributed by atoms with Crippen molar-refractivity contribution in [1.82, 2.24) is 10.2 Å². The molecule has 0 aromatic rings. The number of piperidine rings is 1. The van der Waals surface area contributed by atoms with Gasteiger partial charge in [0, 0.05) is 19.1 Å². The second kappa shape index (κ2) is 6.05. The molecule has 2 rings (SSSR count). The minimum atomic E-state index is 0.0628. The first kappa shape index (κ1) is 13.9. The molecule has 1 aliphatic heterocycles. The van der Waals surface area contributed by atoms with Crippen LogP contribution in [0.4, 0.5) is 0 Å². The molecular formula is C15H28N2O. The summed E-state index contributed by atoms with van der Waals surface area (Å²) in [6.45, 7) is 4.48.